The van der Waals surface area contributed by atoms with Crippen molar-refractivity contribution in [2.75, 3.05) is 25.9 Å². The molecule has 6 heteroatoms. The zero-order valence-corrected chi connectivity index (χ0v) is 12.0. The summed E-state index contributed by atoms with van der Waals surface area (Å²) in [6.07, 6.45) is 2.49. The fourth-order valence-corrected chi connectivity index (χ4v) is 2.43. The van der Waals surface area contributed by atoms with Gasteiger partial charge in [-0.3, -0.25) is 4.79 Å². The number of sulfonamides is 1. The molecule has 0 saturated carbocycles. The van der Waals surface area contributed by atoms with Crippen LogP contribution in [-0.2, 0) is 14.8 Å². The molecular weight excluding hydrogens is 240 g/mol. The molecule has 0 unspecified atom stereocenters. The van der Waals surface area contributed by atoms with Crippen molar-refractivity contribution in [3.8, 4) is 0 Å². The molecule has 1 amide bonds. The van der Waals surface area contributed by atoms with E-state index in [-0.39, 0.29) is 11.8 Å². The van der Waals surface area contributed by atoms with Gasteiger partial charge in [0.25, 0.3) is 0 Å². The number of hydrogen-bond acceptors (Lipinski definition) is 3. The average molecular weight is 264 g/mol. The minimum absolute atomic E-state index is 0.0227. The molecule has 0 rings (SSSR count). The Kier molecular flexibility index (Phi) is 7.38. The second kappa shape index (κ2) is 7.66. The zero-order valence-electron chi connectivity index (χ0n) is 11.2. The van der Waals surface area contributed by atoms with E-state index in [1.165, 1.54) is 10.6 Å². The van der Waals surface area contributed by atoms with Crippen LogP contribution in [0.2, 0.25) is 0 Å². The fourth-order valence-electron chi connectivity index (χ4n) is 1.44. The first-order valence-corrected chi connectivity index (χ1v) is 7.84. The maximum atomic E-state index is 11.5. The van der Waals surface area contributed by atoms with Crippen molar-refractivity contribution < 1.29 is 13.2 Å². The van der Waals surface area contributed by atoms with Gasteiger partial charge in [0, 0.05) is 26.1 Å². The molecule has 1 N–H and O–H groups in total. The summed E-state index contributed by atoms with van der Waals surface area (Å²) in [5.41, 5.74) is 0. The number of carbonyl (C=O) groups is 1. The Labute approximate surface area is 105 Å². The van der Waals surface area contributed by atoms with E-state index in [0.29, 0.717) is 26.1 Å². The van der Waals surface area contributed by atoms with Crippen molar-refractivity contribution in [1.29, 1.82) is 0 Å². The Bertz CT molecular complexity index is 326. The monoisotopic (exact) mass is 264 g/mol. The summed E-state index contributed by atoms with van der Waals surface area (Å²) >= 11 is 0. The Hall–Kier alpha value is -0.620. The van der Waals surface area contributed by atoms with E-state index >= 15 is 0 Å². The van der Waals surface area contributed by atoms with Crippen LogP contribution in [-0.4, -0.2) is 44.5 Å². The van der Waals surface area contributed by atoms with Gasteiger partial charge < -0.3 is 5.32 Å². The molecule has 0 heterocycles. The Morgan fingerprint density at radius 3 is 2.35 bits per heavy atom. The minimum atomic E-state index is -3.19. The summed E-state index contributed by atoms with van der Waals surface area (Å²) in [7, 11) is -3.19. The molecular formula is C11H24N2O3S. The molecule has 0 atom stereocenters. The molecule has 0 saturated heterocycles. The third-order valence-electron chi connectivity index (χ3n) is 2.20. The topological polar surface area (TPSA) is 66.5 Å². The Morgan fingerprint density at radius 2 is 1.94 bits per heavy atom. The first-order valence-electron chi connectivity index (χ1n) is 5.99. The standard InChI is InChI=1S/C11H24N2O3S/c1-5-6-11(14)12-7-8-13(9-10(2)3)17(4,15)16/h10H,5-9H2,1-4H3,(H,12,14). The van der Waals surface area contributed by atoms with E-state index in [9.17, 15) is 13.2 Å². The lowest BCUT2D eigenvalue weighted by Crippen LogP contribution is -2.39. The average Bonchev–Trinajstić information content (AvgIpc) is 2.14. The molecule has 0 spiro atoms. The third-order valence-corrected chi connectivity index (χ3v) is 3.47. The molecule has 17 heavy (non-hydrogen) atoms. The van der Waals surface area contributed by atoms with Crippen molar-refractivity contribution >= 4 is 15.9 Å². The van der Waals surface area contributed by atoms with Crippen LogP contribution < -0.4 is 5.32 Å². The van der Waals surface area contributed by atoms with Crippen LogP contribution in [0.3, 0.4) is 0 Å². The maximum Gasteiger partial charge on any atom is 0.220 e. The molecule has 0 aromatic carbocycles. The van der Waals surface area contributed by atoms with Crippen LogP contribution in [0.25, 0.3) is 0 Å². The zero-order chi connectivity index (χ0) is 13.5. The highest BCUT2D eigenvalue weighted by molar-refractivity contribution is 7.88. The van der Waals surface area contributed by atoms with Crippen LogP contribution in [0.4, 0.5) is 0 Å². The molecule has 0 aliphatic rings. The minimum Gasteiger partial charge on any atom is -0.355 e. The van der Waals surface area contributed by atoms with Crippen molar-refractivity contribution in [1.82, 2.24) is 9.62 Å². The summed E-state index contributed by atoms with van der Waals surface area (Å²) in [6.45, 7) is 7.07. The van der Waals surface area contributed by atoms with Crippen LogP contribution >= 0.6 is 0 Å². The third kappa shape index (κ3) is 8.15. The highest BCUT2D eigenvalue weighted by Gasteiger charge is 2.17. The van der Waals surface area contributed by atoms with Crippen molar-refractivity contribution in [3.05, 3.63) is 0 Å². The number of nitrogens with zero attached hydrogens (tertiary/aromatic N) is 1. The van der Waals surface area contributed by atoms with E-state index in [2.05, 4.69) is 5.32 Å². The quantitative estimate of drug-likeness (QED) is 0.706. The molecule has 0 aliphatic carbocycles. The van der Waals surface area contributed by atoms with E-state index in [0.717, 1.165) is 6.42 Å². The van der Waals surface area contributed by atoms with Crippen molar-refractivity contribution in [2.45, 2.75) is 33.6 Å². The summed E-state index contributed by atoms with van der Waals surface area (Å²) in [6, 6.07) is 0. The summed E-state index contributed by atoms with van der Waals surface area (Å²) in [5, 5.41) is 2.71. The van der Waals surface area contributed by atoms with Gasteiger partial charge >= 0.3 is 0 Å². The molecule has 102 valence electrons. The van der Waals surface area contributed by atoms with Crippen LogP contribution in [0.15, 0.2) is 0 Å². The Morgan fingerprint density at radius 1 is 1.35 bits per heavy atom. The smallest absolute Gasteiger partial charge is 0.220 e. The normalized spacial score (nSPS) is 12.1. The first-order chi connectivity index (χ1) is 7.77. The number of carbonyl (C=O) groups excluding carboxylic acids is 1. The van der Waals surface area contributed by atoms with Crippen molar-refractivity contribution in [2.24, 2.45) is 5.92 Å². The van der Waals surface area contributed by atoms with Gasteiger partial charge in [-0.05, 0) is 12.3 Å². The van der Waals surface area contributed by atoms with Crippen LogP contribution in [0, 0.1) is 5.92 Å². The fraction of sp³-hybridized carbons (Fsp3) is 0.909. The molecule has 0 radical (unpaired) electrons. The first kappa shape index (κ1) is 16.4. The number of amides is 1. The number of hydrogen-bond donors (Lipinski definition) is 1. The predicted molar refractivity (Wildman–Crippen MR) is 69.2 cm³/mol. The molecule has 0 aromatic rings. The second-order valence-electron chi connectivity index (χ2n) is 4.61. The molecule has 0 aliphatic heterocycles. The van der Waals surface area contributed by atoms with Gasteiger partial charge in [-0.25, -0.2) is 12.7 Å². The van der Waals surface area contributed by atoms with Crippen LogP contribution in [0.5, 0.6) is 0 Å². The van der Waals surface area contributed by atoms with E-state index < -0.39 is 10.0 Å². The van der Waals surface area contributed by atoms with E-state index in [1.807, 2.05) is 20.8 Å². The van der Waals surface area contributed by atoms with Gasteiger partial charge in [0.05, 0.1) is 6.26 Å². The highest BCUT2D eigenvalue weighted by Crippen LogP contribution is 2.03. The number of nitrogens with one attached hydrogen (secondary N) is 1. The van der Waals surface area contributed by atoms with Gasteiger partial charge in [0.15, 0.2) is 0 Å². The maximum absolute atomic E-state index is 11.5. The predicted octanol–water partition coefficient (Wildman–Crippen LogP) is 0.820. The van der Waals surface area contributed by atoms with Gasteiger partial charge in [-0.2, -0.15) is 0 Å². The summed E-state index contributed by atoms with van der Waals surface area (Å²) in [5.74, 6) is 0.251. The van der Waals surface area contributed by atoms with Gasteiger partial charge in [-0.15, -0.1) is 0 Å². The lowest BCUT2D eigenvalue weighted by Gasteiger charge is -2.21. The second-order valence-corrected chi connectivity index (χ2v) is 6.60. The van der Waals surface area contributed by atoms with Gasteiger partial charge in [0.2, 0.25) is 15.9 Å². The van der Waals surface area contributed by atoms with Gasteiger partial charge in [0.1, 0.15) is 0 Å². The lowest BCUT2D eigenvalue weighted by molar-refractivity contribution is -0.121. The Balaban J connectivity index is 4.14. The number of rotatable bonds is 8. The van der Waals surface area contributed by atoms with Crippen molar-refractivity contribution in [3.63, 3.8) is 0 Å². The summed E-state index contributed by atoms with van der Waals surface area (Å²) < 4.78 is 24.4. The molecule has 0 fully saturated rings. The summed E-state index contributed by atoms with van der Waals surface area (Å²) in [4.78, 5) is 11.2. The lowest BCUT2D eigenvalue weighted by atomic mass is 10.2. The van der Waals surface area contributed by atoms with E-state index in [1.54, 1.807) is 0 Å². The SMILES string of the molecule is CCCC(=O)NCCN(CC(C)C)S(C)(=O)=O. The molecule has 5 nitrogen and oxygen atoms in total. The molecule has 0 aromatic heterocycles. The van der Waals surface area contributed by atoms with E-state index in [4.69, 9.17) is 0 Å². The highest BCUT2D eigenvalue weighted by atomic mass is 32.2. The largest absolute Gasteiger partial charge is 0.355 e. The van der Waals surface area contributed by atoms with Gasteiger partial charge in [-0.1, -0.05) is 20.8 Å². The van der Waals surface area contributed by atoms with Crippen LogP contribution in [0.1, 0.15) is 33.6 Å². The molecule has 0 bridgehead atoms.